The smallest absolute Gasteiger partial charge is 0.310 e. The Bertz CT molecular complexity index is 280. The minimum Gasteiger partial charge on any atom is -0.481 e. The molecule has 1 aliphatic heterocycles. The first-order chi connectivity index (χ1) is 5.77. The molecular weight excluding hydrogens is 176 g/mol. The number of aliphatic carboxylic acids is 1. The Morgan fingerprint density at radius 3 is 3.00 bits per heavy atom. The number of hydrogen-bond acceptors (Lipinski definition) is 4. The third-order valence-electron chi connectivity index (χ3n) is 1.96. The van der Waals surface area contributed by atoms with E-state index in [-0.39, 0.29) is 5.92 Å². The van der Waals surface area contributed by atoms with E-state index in [1.54, 1.807) is 23.0 Å². The van der Waals surface area contributed by atoms with Crippen LogP contribution in [0.3, 0.4) is 0 Å². The summed E-state index contributed by atoms with van der Waals surface area (Å²) in [4.78, 5) is 16.4. The van der Waals surface area contributed by atoms with Crippen LogP contribution in [-0.4, -0.2) is 29.1 Å². The molecule has 5 heteroatoms. The van der Waals surface area contributed by atoms with E-state index in [4.69, 9.17) is 5.11 Å². The van der Waals surface area contributed by atoms with Crippen LogP contribution < -0.4 is 4.90 Å². The topological polar surface area (TPSA) is 53.4 Å². The van der Waals surface area contributed by atoms with Crippen LogP contribution in [0.4, 0.5) is 5.00 Å². The number of carbonyl (C=O) groups is 1. The van der Waals surface area contributed by atoms with Crippen LogP contribution in [0.15, 0.2) is 11.7 Å². The van der Waals surface area contributed by atoms with Crippen LogP contribution in [0.5, 0.6) is 0 Å². The Labute approximate surface area is 73.5 Å². The number of carboxylic acids is 1. The molecule has 1 aliphatic rings. The molecule has 1 aromatic rings. The molecule has 0 atom stereocenters. The fourth-order valence-corrected chi connectivity index (χ4v) is 1.83. The molecule has 0 saturated carbocycles. The third-order valence-corrected chi connectivity index (χ3v) is 2.79. The van der Waals surface area contributed by atoms with E-state index in [1.165, 1.54) is 0 Å². The number of carboxylic acid groups (broad SMARTS) is 1. The molecule has 0 aliphatic carbocycles. The Morgan fingerprint density at radius 2 is 2.50 bits per heavy atom. The fraction of sp³-hybridized carbons (Fsp3) is 0.429. The molecular formula is C7H8N2O2S. The maximum Gasteiger partial charge on any atom is 0.310 e. The van der Waals surface area contributed by atoms with Crippen molar-refractivity contribution in [2.75, 3.05) is 18.0 Å². The van der Waals surface area contributed by atoms with Gasteiger partial charge in [-0.05, 0) is 0 Å². The van der Waals surface area contributed by atoms with E-state index in [0.717, 1.165) is 5.00 Å². The highest BCUT2D eigenvalue weighted by Gasteiger charge is 2.33. The average Bonchev–Trinajstić information content (AvgIpc) is 2.34. The Morgan fingerprint density at radius 1 is 1.75 bits per heavy atom. The highest BCUT2D eigenvalue weighted by molar-refractivity contribution is 7.13. The highest BCUT2D eigenvalue weighted by atomic mass is 32.1. The molecule has 1 aromatic heterocycles. The minimum atomic E-state index is -0.698. The summed E-state index contributed by atoms with van der Waals surface area (Å²) in [6.07, 6.45) is 1.77. The van der Waals surface area contributed by atoms with E-state index in [2.05, 4.69) is 4.98 Å². The number of rotatable bonds is 2. The van der Waals surface area contributed by atoms with E-state index in [9.17, 15) is 4.79 Å². The summed E-state index contributed by atoms with van der Waals surface area (Å²) in [5, 5.41) is 9.67. The van der Waals surface area contributed by atoms with Gasteiger partial charge in [0, 0.05) is 13.1 Å². The van der Waals surface area contributed by atoms with Crippen LogP contribution in [0.25, 0.3) is 0 Å². The van der Waals surface area contributed by atoms with E-state index in [1.807, 2.05) is 4.90 Å². The molecule has 2 rings (SSSR count). The first-order valence-electron chi connectivity index (χ1n) is 3.63. The molecule has 0 aromatic carbocycles. The Kier molecular flexibility index (Phi) is 1.73. The van der Waals surface area contributed by atoms with Gasteiger partial charge >= 0.3 is 5.97 Å². The van der Waals surface area contributed by atoms with Crippen molar-refractivity contribution in [2.24, 2.45) is 5.92 Å². The third kappa shape index (κ3) is 1.16. The molecule has 2 heterocycles. The maximum atomic E-state index is 10.5. The minimum absolute atomic E-state index is 0.188. The van der Waals surface area contributed by atoms with Gasteiger partial charge in [-0.1, -0.05) is 0 Å². The van der Waals surface area contributed by atoms with Gasteiger partial charge in [0.05, 0.1) is 17.6 Å². The monoisotopic (exact) mass is 184 g/mol. The first-order valence-corrected chi connectivity index (χ1v) is 4.51. The summed E-state index contributed by atoms with van der Waals surface area (Å²) in [7, 11) is 0. The van der Waals surface area contributed by atoms with E-state index >= 15 is 0 Å². The zero-order valence-electron chi connectivity index (χ0n) is 6.30. The lowest BCUT2D eigenvalue weighted by Gasteiger charge is -2.36. The normalized spacial score (nSPS) is 17.5. The zero-order valence-corrected chi connectivity index (χ0v) is 7.12. The molecule has 0 spiro atoms. The lowest BCUT2D eigenvalue weighted by molar-refractivity contribution is -0.142. The number of thiazole rings is 1. The predicted octanol–water partition coefficient (Wildman–Crippen LogP) is 0.664. The highest BCUT2D eigenvalue weighted by Crippen LogP contribution is 2.27. The molecule has 1 N–H and O–H groups in total. The summed E-state index contributed by atoms with van der Waals surface area (Å²) in [6, 6.07) is 0. The van der Waals surface area contributed by atoms with Crippen molar-refractivity contribution in [2.45, 2.75) is 0 Å². The van der Waals surface area contributed by atoms with Crippen molar-refractivity contribution in [3.63, 3.8) is 0 Å². The Balaban J connectivity index is 1.94. The Hall–Kier alpha value is -1.10. The molecule has 0 bridgehead atoms. The van der Waals surface area contributed by atoms with Gasteiger partial charge in [-0.25, -0.2) is 0 Å². The van der Waals surface area contributed by atoms with E-state index in [0.29, 0.717) is 13.1 Å². The summed E-state index contributed by atoms with van der Waals surface area (Å²) < 4.78 is 0. The summed E-state index contributed by atoms with van der Waals surface area (Å²) in [5.74, 6) is -0.886. The van der Waals surface area contributed by atoms with Crippen molar-refractivity contribution >= 4 is 22.3 Å². The van der Waals surface area contributed by atoms with Crippen LogP contribution in [0, 0.1) is 5.92 Å². The molecule has 1 saturated heterocycles. The van der Waals surface area contributed by atoms with Crippen LogP contribution in [0.2, 0.25) is 0 Å². The lowest BCUT2D eigenvalue weighted by Crippen LogP contribution is -2.50. The van der Waals surface area contributed by atoms with Crippen LogP contribution >= 0.6 is 11.3 Å². The van der Waals surface area contributed by atoms with Gasteiger partial charge in [0.15, 0.2) is 0 Å². The van der Waals surface area contributed by atoms with Gasteiger partial charge in [0.25, 0.3) is 0 Å². The second-order valence-corrected chi connectivity index (χ2v) is 3.64. The molecule has 0 unspecified atom stereocenters. The molecule has 64 valence electrons. The number of hydrogen-bond donors (Lipinski definition) is 1. The molecule has 0 radical (unpaired) electrons. The number of nitrogens with zero attached hydrogens (tertiary/aromatic N) is 2. The SMILES string of the molecule is O=C(O)C1CN(c2cncs2)C1. The van der Waals surface area contributed by atoms with Gasteiger partial charge in [0.1, 0.15) is 5.00 Å². The maximum absolute atomic E-state index is 10.5. The largest absolute Gasteiger partial charge is 0.481 e. The van der Waals surface area contributed by atoms with Crippen molar-refractivity contribution < 1.29 is 9.90 Å². The van der Waals surface area contributed by atoms with Crippen molar-refractivity contribution in [3.8, 4) is 0 Å². The average molecular weight is 184 g/mol. The molecule has 0 amide bonds. The number of aromatic nitrogens is 1. The summed E-state index contributed by atoms with van der Waals surface area (Å²) in [6.45, 7) is 1.25. The van der Waals surface area contributed by atoms with Crippen LogP contribution in [0.1, 0.15) is 0 Å². The van der Waals surface area contributed by atoms with Gasteiger partial charge in [0.2, 0.25) is 0 Å². The second kappa shape index (κ2) is 2.75. The van der Waals surface area contributed by atoms with Crippen molar-refractivity contribution in [1.82, 2.24) is 4.98 Å². The van der Waals surface area contributed by atoms with Crippen molar-refractivity contribution in [1.29, 1.82) is 0 Å². The molecule has 4 nitrogen and oxygen atoms in total. The lowest BCUT2D eigenvalue weighted by atomic mass is 10.0. The first kappa shape index (κ1) is 7.54. The standard InChI is InChI=1S/C7H8N2O2S/c10-7(11)5-2-9(3-5)6-1-8-4-12-6/h1,4-5H,2-3H2,(H,10,11). The van der Waals surface area contributed by atoms with Gasteiger partial charge in [-0.3, -0.25) is 9.78 Å². The predicted molar refractivity (Wildman–Crippen MR) is 45.5 cm³/mol. The van der Waals surface area contributed by atoms with Gasteiger partial charge in [-0.15, -0.1) is 11.3 Å². The summed E-state index contributed by atoms with van der Waals surface area (Å²) in [5.41, 5.74) is 1.75. The van der Waals surface area contributed by atoms with Gasteiger partial charge < -0.3 is 10.0 Å². The summed E-state index contributed by atoms with van der Waals surface area (Å²) >= 11 is 1.54. The number of anilines is 1. The second-order valence-electron chi connectivity index (χ2n) is 2.78. The molecule has 1 fully saturated rings. The molecule has 12 heavy (non-hydrogen) atoms. The zero-order chi connectivity index (χ0) is 8.55. The van der Waals surface area contributed by atoms with E-state index < -0.39 is 5.97 Å². The fourth-order valence-electron chi connectivity index (χ4n) is 1.18. The quantitative estimate of drug-likeness (QED) is 0.733. The van der Waals surface area contributed by atoms with Gasteiger partial charge in [-0.2, -0.15) is 0 Å². The van der Waals surface area contributed by atoms with Crippen LogP contribution in [-0.2, 0) is 4.79 Å². The van der Waals surface area contributed by atoms with Crippen molar-refractivity contribution in [3.05, 3.63) is 11.7 Å².